The van der Waals surface area contributed by atoms with E-state index >= 15 is 0 Å². The van der Waals surface area contributed by atoms with Crippen LogP contribution < -0.4 is 15.5 Å². The molecule has 5 rings (SSSR count). The van der Waals surface area contributed by atoms with Crippen molar-refractivity contribution in [3.8, 4) is 5.75 Å². The Bertz CT molecular complexity index is 1360. The van der Waals surface area contributed by atoms with Gasteiger partial charge in [0, 0.05) is 17.5 Å². The summed E-state index contributed by atoms with van der Waals surface area (Å²) < 4.78 is 12.4. The molecule has 34 heavy (non-hydrogen) atoms. The van der Waals surface area contributed by atoms with Crippen molar-refractivity contribution in [3.05, 3.63) is 77.2 Å². The number of furan rings is 1. The molecular weight excluding hydrogens is 452 g/mol. The van der Waals surface area contributed by atoms with Crippen LogP contribution in [0.15, 0.2) is 64.1 Å². The van der Waals surface area contributed by atoms with Gasteiger partial charge in [0.1, 0.15) is 11.5 Å². The first-order valence-electron chi connectivity index (χ1n) is 10.9. The summed E-state index contributed by atoms with van der Waals surface area (Å²) in [6.07, 6.45) is 2.19. The van der Waals surface area contributed by atoms with Crippen molar-refractivity contribution in [3.63, 3.8) is 0 Å². The van der Waals surface area contributed by atoms with Gasteiger partial charge in [-0.3, -0.25) is 14.9 Å². The van der Waals surface area contributed by atoms with Crippen LogP contribution in [0.4, 0.5) is 5.13 Å². The number of hydrazone groups is 1. The lowest BCUT2D eigenvalue weighted by atomic mass is 9.93. The molecule has 9 heteroatoms. The minimum Gasteiger partial charge on any atom is -0.484 e. The van der Waals surface area contributed by atoms with Gasteiger partial charge in [-0.15, -0.1) is 0 Å². The number of rotatable bonds is 6. The molecule has 8 nitrogen and oxygen atoms in total. The zero-order chi connectivity index (χ0) is 23.5. The number of nitrogens with zero attached hydrogens (tertiary/aromatic N) is 2. The van der Waals surface area contributed by atoms with Gasteiger partial charge in [-0.05, 0) is 44.0 Å². The van der Waals surface area contributed by atoms with E-state index in [0.717, 1.165) is 22.2 Å². The first kappa shape index (κ1) is 21.8. The van der Waals surface area contributed by atoms with Crippen LogP contribution in [0.2, 0.25) is 0 Å². The summed E-state index contributed by atoms with van der Waals surface area (Å²) >= 11 is 1.41. The van der Waals surface area contributed by atoms with E-state index in [9.17, 15) is 9.59 Å². The molecule has 0 saturated heterocycles. The number of hydrogen-bond acceptors (Lipinski definition) is 7. The molecule has 0 fully saturated rings. The number of ether oxygens (including phenoxy) is 1. The molecule has 0 spiro atoms. The van der Waals surface area contributed by atoms with Crippen molar-refractivity contribution in [1.29, 1.82) is 0 Å². The predicted molar refractivity (Wildman–Crippen MR) is 131 cm³/mol. The summed E-state index contributed by atoms with van der Waals surface area (Å²) in [5.74, 6) is 0.827. The van der Waals surface area contributed by atoms with Crippen LogP contribution >= 0.6 is 11.3 Å². The fourth-order valence-corrected chi connectivity index (χ4v) is 4.76. The van der Waals surface area contributed by atoms with E-state index in [1.54, 1.807) is 12.1 Å². The highest BCUT2D eigenvalue weighted by molar-refractivity contribution is 7.22. The first-order chi connectivity index (χ1) is 16.6. The number of benzene rings is 2. The van der Waals surface area contributed by atoms with E-state index in [1.165, 1.54) is 11.3 Å². The molecule has 2 aromatic heterocycles. The molecule has 0 aliphatic heterocycles. The minimum atomic E-state index is -0.363. The number of anilines is 1. The molecule has 2 N–H and O–H groups in total. The van der Waals surface area contributed by atoms with Crippen LogP contribution in [-0.2, 0) is 11.2 Å². The Morgan fingerprint density at radius 2 is 1.91 bits per heavy atom. The molecule has 0 unspecified atom stereocenters. The Morgan fingerprint density at radius 1 is 1.12 bits per heavy atom. The molecular formula is C25H22N4O4S. The van der Waals surface area contributed by atoms with Gasteiger partial charge in [0.2, 0.25) is 0 Å². The molecule has 2 amide bonds. The van der Waals surface area contributed by atoms with E-state index < -0.39 is 0 Å². The van der Waals surface area contributed by atoms with Crippen molar-refractivity contribution in [2.75, 3.05) is 11.9 Å². The van der Waals surface area contributed by atoms with Crippen LogP contribution in [0.25, 0.3) is 10.2 Å². The van der Waals surface area contributed by atoms with Gasteiger partial charge in [-0.2, -0.15) is 5.10 Å². The predicted octanol–water partition coefficient (Wildman–Crippen LogP) is 4.69. The van der Waals surface area contributed by atoms with Gasteiger partial charge in [-0.1, -0.05) is 41.7 Å². The third-order valence-electron chi connectivity index (χ3n) is 5.47. The normalized spacial score (nSPS) is 14.1. The molecule has 0 bridgehead atoms. The Balaban J connectivity index is 1.29. The number of amides is 2. The van der Waals surface area contributed by atoms with Gasteiger partial charge in [0.25, 0.3) is 11.8 Å². The molecule has 1 aliphatic rings. The minimum absolute atomic E-state index is 0.145. The number of carbonyl (C=O) groups is 2. The zero-order valence-electron chi connectivity index (χ0n) is 18.5. The third kappa shape index (κ3) is 4.55. The van der Waals surface area contributed by atoms with E-state index in [2.05, 4.69) is 20.8 Å². The van der Waals surface area contributed by atoms with Gasteiger partial charge in [-0.25, -0.2) is 10.4 Å². The van der Waals surface area contributed by atoms with E-state index in [1.807, 2.05) is 49.4 Å². The average Bonchev–Trinajstić information content (AvgIpc) is 3.42. The van der Waals surface area contributed by atoms with Crippen LogP contribution in [0, 0.1) is 6.92 Å². The number of nitrogens with one attached hydrogen (secondary N) is 2. The lowest BCUT2D eigenvalue weighted by Gasteiger charge is -2.13. The summed E-state index contributed by atoms with van der Waals surface area (Å²) in [4.78, 5) is 29.6. The summed E-state index contributed by atoms with van der Waals surface area (Å²) in [5, 5.41) is 7.68. The fourth-order valence-electron chi connectivity index (χ4n) is 3.90. The summed E-state index contributed by atoms with van der Waals surface area (Å²) in [5.41, 5.74) is 5.56. The summed E-state index contributed by atoms with van der Waals surface area (Å²) in [6, 6.07) is 16.8. The number of aromatic nitrogens is 1. The highest BCUT2D eigenvalue weighted by atomic mass is 32.1. The highest BCUT2D eigenvalue weighted by Gasteiger charge is 2.28. The molecule has 0 atom stereocenters. The standard InChI is InChI=1S/C25H22N4O4S/c1-15-22-18(28-29-21(30)14-32-16-8-3-2-4-9-16)11-7-12-19(22)33-23(15)24(31)27-25-26-17-10-5-6-13-20(17)34-25/h2-6,8-10,13H,7,11-12,14H2,1H3,(H,29,30)(H,26,27,31)/b28-18+. The van der Waals surface area contributed by atoms with Gasteiger partial charge >= 0.3 is 0 Å². The monoisotopic (exact) mass is 474 g/mol. The van der Waals surface area contributed by atoms with Gasteiger partial charge in [0.05, 0.1) is 15.9 Å². The van der Waals surface area contributed by atoms with Crippen molar-refractivity contribution in [2.45, 2.75) is 26.2 Å². The van der Waals surface area contributed by atoms with Gasteiger partial charge in [0.15, 0.2) is 17.5 Å². The lowest BCUT2D eigenvalue weighted by Crippen LogP contribution is -2.27. The topological polar surface area (TPSA) is 106 Å². The first-order valence-corrected chi connectivity index (χ1v) is 11.7. The van der Waals surface area contributed by atoms with E-state index in [0.29, 0.717) is 40.8 Å². The Morgan fingerprint density at radius 3 is 2.74 bits per heavy atom. The fraction of sp³-hybridized carbons (Fsp3) is 0.200. The van der Waals surface area contributed by atoms with Crippen LogP contribution in [-0.4, -0.2) is 29.1 Å². The van der Waals surface area contributed by atoms with Crippen molar-refractivity contribution in [1.82, 2.24) is 10.4 Å². The maximum atomic E-state index is 13.0. The third-order valence-corrected chi connectivity index (χ3v) is 6.43. The second-order valence-electron chi connectivity index (χ2n) is 7.84. The second kappa shape index (κ2) is 9.48. The number of aryl methyl sites for hydroxylation is 1. The molecule has 0 radical (unpaired) electrons. The lowest BCUT2D eigenvalue weighted by molar-refractivity contribution is -0.123. The quantitative estimate of drug-likeness (QED) is 0.395. The number of carbonyl (C=O) groups excluding carboxylic acids is 2. The SMILES string of the molecule is Cc1c(C(=O)Nc2nc3ccccc3s2)oc2c1/C(=N/NC(=O)COc1ccccc1)CCC2. The molecule has 2 aromatic carbocycles. The van der Waals surface area contributed by atoms with Crippen LogP contribution in [0.5, 0.6) is 5.75 Å². The summed E-state index contributed by atoms with van der Waals surface area (Å²) in [6.45, 7) is 1.69. The maximum Gasteiger partial charge on any atom is 0.293 e. The molecule has 4 aromatic rings. The second-order valence-corrected chi connectivity index (χ2v) is 8.87. The number of fused-ring (bicyclic) bond motifs is 2. The largest absolute Gasteiger partial charge is 0.484 e. The smallest absolute Gasteiger partial charge is 0.293 e. The summed E-state index contributed by atoms with van der Waals surface area (Å²) in [7, 11) is 0. The maximum absolute atomic E-state index is 13.0. The van der Waals surface area contributed by atoms with Crippen molar-refractivity contribution < 1.29 is 18.7 Å². The molecule has 2 heterocycles. The zero-order valence-corrected chi connectivity index (χ0v) is 19.3. The number of thiazole rings is 1. The van der Waals surface area contributed by atoms with Gasteiger partial charge < -0.3 is 9.15 Å². The van der Waals surface area contributed by atoms with Crippen molar-refractivity contribution >= 4 is 44.2 Å². The highest BCUT2D eigenvalue weighted by Crippen LogP contribution is 2.31. The van der Waals surface area contributed by atoms with E-state index in [4.69, 9.17) is 9.15 Å². The molecule has 172 valence electrons. The van der Waals surface area contributed by atoms with Crippen LogP contribution in [0.3, 0.4) is 0 Å². The number of para-hydroxylation sites is 2. The van der Waals surface area contributed by atoms with Crippen LogP contribution in [0.1, 0.15) is 40.3 Å². The molecule has 1 aliphatic carbocycles. The average molecular weight is 475 g/mol. The Kier molecular flexibility index (Phi) is 6.09. The molecule has 0 saturated carbocycles. The van der Waals surface area contributed by atoms with E-state index in [-0.39, 0.29) is 24.2 Å². The Labute approximate surface area is 199 Å². The Hall–Kier alpha value is -3.98. The van der Waals surface area contributed by atoms with Crippen molar-refractivity contribution in [2.24, 2.45) is 5.10 Å². The number of hydrogen-bond donors (Lipinski definition) is 2.